The number of aromatic nitrogens is 4. The molecule has 1 aliphatic rings. The van der Waals surface area contributed by atoms with Gasteiger partial charge in [-0.1, -0.05) is 74.0 Å². The molecule has 6 rings (SSSR count). The van der Waals surface area contributed by atoms with E-state index in [4.69, 9.17) is 9.97 Å². The van der Waals surface area contributed by atoms with E-state index in [0.717, 1.165) is 23.0 Å². The number of para-hydroxylation sites is 1. The summed E-state index contributed by atoms with van der Waals surface area (Å²) in [7, 11) is 0. The first-order valence-corrected chi connectivity index (χ1v) is 12.7. The molecule has 0 spiro atoms. The van der Waals surface area contributed by atoms with Crippen LogP contribution in [0.3, 0.4) is 0 Å². The number of hydrogen-bond donors (Lipinski definition) is 0. The topological polar surface area (TPSA) is 35.6 Å². The van der Waals surface area contributed by atoms with Gasteiger partial charge in [-0.15, -0.1) is 0 Å². The fourth-order valence-electron chi connectivity index (χ4n) is 5.81. The van der Waals surface area contributed by atoms with Crippen LogP contribution in [0.4, 0.5) is 0 Å². The highest BCUT2D eigenvalue weighted by Crippen LogP contribution is 2.55. The third kappa shape index (κ3) is 3.60. The lowest BCUT2D eigenvalue weighted by atomic mass is 9.90. The molecule has 2 atom stereocenters. The summed E-state index contributed by atoms with van der Waals surface area (Å²) in [5, 5.41) is 0. The van der Waals surface area contributed by atoms with E-state index < -0.39 is 0 Å². The Bertz CT molecular complexity index is 1550. The van der Waals surface area contributed by atoms with Crippen LogP contribution in [0.15, 0.2) is 85.3 Å². The van der Waals surface area contributed by atoms with E-state index in [1.54, 1.807) is 0 Å². The molecular weight excluding hydrogens is 440 g/mol. The monoisotopic (exact) mass is 472 g/mol. The fourth-order valence-corrected chi connectivity index (χ4v) is 5.81. The van der Waals surface area contributed by atoms with Gasteiger partial charge in [0.05, 0.1) is 11.4 Å². The third-order valence-electron chi connectivity index (χ3n) is 7.93. The van der Waals surface area contributed by atoms with Crippen LogP contribution in [0, 0.1) is 26.7 Å². The van der Waals surface area contributed by atoms with Gasteiger partial charge in [-0.25, -0.2) is 9.97 Å². The minimum absolute atomic E-state index is 0.207. The van der Waals surface area contributed by atoms with Gasteiger partial charge in [0, 0.05) is 29.8 Å². The Hall–Kier alpha value is -3.92. The van der Waals surface area contributed by atoms with E-state index in [9.17, 15) is 0 Å². The van der Waals surface area contributed by atoms with Gasteiger partial charge in [0.2, 0.25) is 0 Å². The van der Waals surface area contributed by atoms with Gasteiger partial charge in [0.25, 0.3) is 0 Å². The van der Waals surface area contributed by atoms with Crippen LogP contribution in [-0.2, 0) is 5.41 Å². The van der Waals surface area contributed by atoms with Crippen LogP contribution < -0.4 is 0 Å². The third-order valence-corrected chi connectivity index (χ3v) is 7.93. The van der Waals surface area contributed by atoms with Crippen LogP contribution in [0.25, 0.3) is 34.3 Å². The van der Waals surface area contributed by atoms with Crippen molar-refractivity contribution in [2.45, 2.75) is 46.5 Å². The molecular formula is C32H32N4. The second kappa shape index (κ2) is 8.34. The predicted octanol–water partition coefficient (Wildman–Crippen LogP) is 7.61. The molecule has 36 heavy (non-hydrogen) atoms. The van der Waals surface area contributed by atoms with Crippen molar-refractivity contribution >= 4 is 0 Å². The number of rotatable bonds is 5. The number of nitrogens with zero attached hydrogens (tertiary/aromatic N) is 4. The molecule has 1 unspecified atom stereocenters. The zero-order chi connectivity index (χ0) is 25.0. The Morgan fingerprint density at radius 1 is 0.861 bits per heavy atom. The van der Waals surface area contributed by atoms with Gasteiger partial charge in [0.15, 0.2) is 11.6 Å². The molecule has 1 fully saturated rings. The number of aryl methyl sites for hydroxylation is 3. The number of hydrogen-bond acceptors (Lipinski definition) is 2. The SMILES string of the molecule is Cc1cc(C)c(-n2cc(-c3ccccc3C3(C)C[C@H]3C)nc2-c2nccn2-c2ccccc2)c(C)c1. The van der Waals surface area contributed by atoms with Crippen LogP contribution in [0.5, 0.6) is 0 Å². The maximum atomic E-state index is 5.30. The Morgan fingerprint density at radius 3 is 2.22 bits per heavy atom. The minimum atomic E-state index is 0.207. The molecule has 0 amide bonds. The molecule has 0 bridgehead atoms. The zero-order valence-electron chi connectivity index (χ0n) is 21.7. The molecule has 4 heteroatoms. The predicted molar refractivity (Wildman–Crippen MR) is 147 cm³/mol. The van der Waals surface area contributed by atoms with E-state index in [1.807, 2.05) is 18.5 Å². The lowest BCUT2D eigenvalue weighted by molar-refractivity contribution is 0.703. The maximum Gasteiger partial charge on any atom is 0.182 e. The van der Waals surface area contributed by atoms with Crippen molar-refractivity contribution in [1.29, 1.82) is 0 Å². The van der Waals surface area contributed by atoms with Gasteiger partial charge in [-0.3, -0.25) is 9.13 Å². The maximum absolute atomic E-state index is 5.30. The van der Waals surface area contributed by atoms with Crippen LogP contribution in [0.2, 0.25) is 0 Å². The minimum Gasteiger partial charge on any atom is -0.297 e. The number of imidazole rings is 2. The van der Waals surface area contributed by atoms with Crippen molar-refractivity contribution in [3.8, 4) is 34.3 Å². The molecule has 2 aromatic heterocycles. The molecule has 5 aromatic rings. The summed E-state index contributed by atoms with van der Waals surface area (Å²) < 4.78 is 4.37. The van der Waals surface area contributed by atoms with E-state index in [2.05, 4.69) is 111 Å². The Morgan fingerprint density at radius 2 is 1.53 bits per heavy atom. The van der Waals surface area contributed by atoms with Crippen LogP contribution in [-0.4, -0.2) is 19.1 Å². The summed E-state index contributed by atoms with van der Waals surface area (Å²) in [5.41, 5.74) is 9.75. The van der Waals surface area contributed by atoms with Gasteiger partial charge >= 0.3 is 0 Å². The molecule has 0 N–H and O–H groups in total. The largest absolute Gasteiger partial charge is 0.297 e. The summed E-state index contributed by atoms with van der Waals surface area (Å²) in [6.45, 7) is 11.2. The smallest absolute Gasteiger partial charge is 0.182 e. The lowest BCUT2D eigenvalue weighted by Crippen LogP contribution is -2.05. The molecule has 0 aliphatic heterocycles. The molecule has 3 aromatic carbocycles. The molecule has 1 saturated carbocycles. The van der Waals surface area contributed by atoms with E-state index in [-0.39, 0.29) is 5.41 Å². The Kier molecular flexibility index (Phi) is 5.22. The second-order valence-electron chi connectivity index (χ2n) is 10.6. The van der Waals surface area contributed by atoms with E-state index in [0.29, 0.717) is 5.92 Å². The summed E-state index contributed by atoms with van der Waals surface area (Å²) >= 11 is 0. The van der Waals surface area contributed by atoms with Crippen molar-refractivity contribution in [2.75, 3.05) is 0 Å². The standard InChI is InChI=1S/C32H32N4/c1-21-17-22(2)29(23(3)18-21)36-20-28(26-13-9-10-14-27(26)32(5)19-24(32)4)34-31(36)30-33-15-16-35(30)25-11-7-6-8-12-25/h6-18,20,24H,19H2,1-5H3/t24-,32?/m1/s1. The molecule has 0 radical (unpaired) electrons. The fraction of sp³-hybridized carbons (Fsp3) is 0.250. The molecule has 0 saturated heterocycles. The highest BCUT2D eigenvalue weighted by molar-refractivity contribution is 5.71. The zero-order valence-corrected chi connectivity index (χ0v) is 21.7. The van der Waals surface area contributed by atoms with Crippen molar-refractivity contribution in [1.82, 2.24) is 19.1 Å². The quantitative estimate of drug-likeness (QED) is 0.264. The second-order valence-corrected chi connectivity index (χ2v) is 10.6. The first kappa shape index (κ1) is 22.5. The van der Waals surface area contributed by atoms with Crippen molar-refractivity contribution in [3.63, 3.8) is 0 Å². The average molecular weight is 473 g/mol. The molecule has 1 aliphatic carbocycles. The van der Waals surface area contributed by atoms with Crippen molar-refractivity contribution in [2.24, 2.45) is 5.92 Å². The highest BCUT2D eigenvalue weighted by atomic mass is 15.2. The van der Waals surface area contributed by atoms with Crippen LogP contribution >= 0.6 is 0 Å². The summed E-state index contributed by atoms with van der Waals surface area (Å²) in [4.78, 5) is 10.1. The van der Waals surface area contributed by atoms with Crippen molar-refractivity contribution in [3.05, 3.63) is 108 Å². The van der Waals surface area contributed by atoms with Gasteiger partial charge < -0.3 is 0 Å². The van der Waals surface area contributed by atoms with Crippen molar-refractivity contribution < 1.29 is 0 Å². The molecule has 4 nitrogen and oxygen atoms in total. The summed E-state index contributed by atoms with van der Waals surface area (Å²) in [5.74, 6) is 2.35. The first-order valence-electron chi connectivity index (χ1n) is 12.7. The normalized spacial score (nSPS) is 19.0. The van der Waals surface area contributed by atoms with E-state index in [1.165, 1.54) is 39.9 Å². The highest BCUT2D eigenvalue weighted by Gasteiger charge is 2.49. The molecule has 180 valence electrons. The Balaban J connectivity index is 1.61. The molecule has 2 heterocycles. The first-order chi connectivity index (χ1) is 17.4. The van der Waals surface area contributed by atoms with E-state index >= 15 is 0 Å². The van der Waals surface area contributed by atoms with Gasteiger partial charge in [-0.2, -0.15) is 0 Å². The Labute approximate surface area is 213 Å². The lowest BCUT2D eigenvalue weighted by Gasteiger charge is -2.16. The van der Waals surface area contributed by atoms with Gasteiger partial charge in [-0.05, 0) is 67.3 Å². The van der Waals surface area contributed by atoms with Crippen LogP contribution in [0.1, 0.15) is 42.5 Å². The average Bonchev–Trinajstić information content (AvgIpc) is 3.23. The summed E-state index contributed by atoms with van der Waals surface area (Å²) in [6, 6.07) is 23.6. The summed E-state index contributed by atoms with van der Waals surface area (Å²) in [6.07, 6.45) is 7.29. The van der Waals surface area contributed by atoms with Gasteiger partial charge in [0.1, 0.15) is 0 Å². The number of benzene rings is 3.